The van der Waals surface area contributed by atoms with Gasteiger partial charge in [0, 0.05) is 22.2 Å². The molecule has 1 unspecified atom stereocenters. The highest BCUT2D eigenvalue weighted by atomic mass is 32.1. The highest BCUT2D eigenvalue weighted by Gasteiger charge is 2.33. The van der Waals surface area contributed by atoms with Crippen molar-refractivity contribution in [2.45, 2.75) is 6.04 Å². The van der Waals surface area contributed by atoms with Gasteiger partial charge in [-0.15, -0.1) is 0 Å². The molecule has 6 heteroatoms. The fraction of sp³-hybridized carbons (Fsp3) is 0.0385. The number of nitrogens with zero attached hydrogens (tertiary/aromatic N) is 1. The monoisotopic (exact) mass is 435 g/mol. The van der Waals surface area contributed by atoms with E-state index in [1.54, 1.807) is 12.1 Å². The van der Waals surface area contributed by atoms with Crippen LogP contribution in [0.15, 0.2) is 84.9 Å². The molecule has 0 spiro atoms. The van der Waals surface area contributed by atoms with Crippen LogP contribution in [0.5, 0.6) is 0 Å². The van der Waals surface area contributed by atoms with Crippen molar-refractivity contribution in [3.63, 3.8) is 0 Å². The van der Waals surface area contributed by atoms with Crippen LogP contribution < -0.4 is 10.6 Å². The standard InChI is InChI=1S/C26H17N3O2S/c30-25-19-9-5-10-20(27-26(31)24-18-8-3-4-11-21(18)32-29-24)22(19)23(28-25)17-13-12-15-6-1-2-7-16(15)14-17/h1-14,23H,(H,27,31)(H,28,30). The van der Waals surface area contributed by atoms with E-state index >= 15 is 0 Å². The van der Waals surface area contributed by atoms with Crippen molar-refractivity contribution in [2.75, 3.05) is 5.32 Å². The summed E-state index contributed by atoms with van der Waals surface area (Å²) in [5.74, 6) is -0.430. The van der Waals surface area contributed by atoms with Crippen LogP contribution in [0.1, 0.15) is 38.0 Å². The van der Waals surface area contributed by atoms with Crippen LogP contribution in [-0.4, -0.2) is 16.2 Å². The molecule has 5 nitrogen and oxygen atoms in total. The van der Waals surface area contributed by atoms with E-state index in [9.17, 15) is 9.59 Å². The Morgan fingerprint density at radius 2 is 1.72 bits per heavy atom. The molecule has 154 valence electrons. The first-order valence-corrected chi connectivity index (χ1v) is 11.0. The summed E-state index contributed by atoms with van der Waals surface area (Å²) in [5, 5.41) is 9.14. The van der Waals surface area contributed by atoms with E-state index in [1.165, 1.54) is 11.5 Å². The van der Waals surface area contributed by atoms with Crippen molar-refractivity contribution in [1.29, 1.82) is 0 Å². The lowest BCUT2D eigenvalue weighted by molar-refractivity contribution is 0.0959. The molecule has 32 heavy (non-hydrogen) atoms. The van der Waals surface area contributed by atoms with Gasteiger partial charge in [-0.05, 0) is 52.1 Å². The second kappa shape index (κ2) is 7.28. The number of nitrogens with one attached hydrogen (secondary N) is 2. The first-order valence-electron chi connectivity index (χ1n) is 10.3. The summed E-state index contributed by atoms with van der Waals surface area (Å²) in [6.45, 7) is 0. The smallest absolute Gasteiger partial charge is 0.276 e. The zero-order valence-corrected chi connectivity index (χ0v) is 17.6. The molecular formula is C26H17N3O2S. The van der Waals surface area contributed by atoms with E-state index in [0.29, 0.717) is 16.9 Å². The van der Waals surface area contributed by atoms with Gasteiger partial charge in [-0.25, -0.2) is 0 Å². The first-order chi connectivity index (χ1) is 15.7. The Kier molecular flexibility index (Phi) is 4.26. The van der Waals surface area contributed by atoms with Gasteiger partial charge in [0.05, 0.1) is 10.7 Å². The van der Waals surface area contributed by atoms with Gasteiger partial charge in [0.1, 0.15) is 5.69 Å². The normalized spacial score (nSPS) is 15.0. The maximum atomic E-state index is 13.1. The van der Waals surface area contributed by atoms with Crippen LogP contribution in [0.3, 0.4) is 0 Å². The quantitative estimate of drug-likeness (QED) is 0.391. The van der Waals surface area contributed by atoms with E-state index in [0.717, 1.165) is 32.0 Å². The van der Waals surface area contributed by atoms with E-state index in [1.807, 2.05) is 48.5 Å². The molecule has 0 saturated heterocycles. The molecule has 2 heterocycles. The summed E-state index contributed by atoms with van der Waals surface area (Å²) in [4.78, 5) is 25.8. The zero-order chi connectivity index (χ0) is 21.7. The predicted octanol–water partition coefficient (Wildman–Crippen LogP) is 5.53. The SMILES string of the molecule is O=C1NC(c2ccc3ccccc3c2)c2c(NC(=O)c3nsc4ccccc34)cccc21. The van der Waals surface area contributed by atoms with Crippen molar-refractivity contribution in [3.05, 3.63) is 107 Å². The van der Waals surface area contributed by atoms with Gasteiger partial charge in [-0.3, -0.25) is 9.59 Å². The number of amides is 2. The van der Waals surface area contributed by atoms with Gasteiger partial charge in [-0.2, -0.15) is 4.37 Å². The van der Waals surface area contributed by atoms with Crippen LogP contribution >= 0.6 is 11.5 Å². The van der Waals surface area contributed by atoms with Gasteiger partial charge in [0.15, 0.2) is 0 Å². The summed E-state index contributed by atoms with van der Waals surface area (Å²) < 4.78 is 5.32. The van der Waals surface area contributed by atoms with Gasteiger partial charge in [0.25, 0.3) is 11.8 Å². The average Bonchev–Trinajstić information content (AvgIpc) is 3.41. The molecule has 4 aromatic carbocycles. The molecule has 0 fully saturated rings. The molecule has 0 radical (unpaired) electrons. The molecular weight excluding hydrogens is 418 g/mol. The predicted molar refractivity (Wildman–Crippen MR) is 127 cm³/mol. The Morgan fingerprint density at radius 3 is 2.62 bits per heavy atom. The Morgan fingerprint density at radius 1 is 0.906 bits per heavy atom. The number of hydrogen-bond acceptors (Lipinski definition) is 4. The second-order valence-electron chi connectivity index (χ2n) is 7.76. The third-order valence-corrected chi connectivity index (χ3v) is 6.69. The Hall–Kier alpha value is -4.03. The lowest BCUT2D eigenvalue weighted by Crippen LogP contribution is -2.20. The van der Waals surface area contributed by atoms with Crippen LogP contribution in [0, 0.1) is 0 Å². The number of rotatable bonds is 3. The average molecular weight is 436 g/mol. The zero-order valence-electron chi connectivity index (χ0n) is 16.8. The number of benzene rings is 4. The minimum Gasteiger partial charge on any atom is -0.341 e. The number of hydrogen-bond donors (Lipinski definition) is 2. The molecule has 5 aromatic rings. The van der Waals surface area contributed by atoms with Crippen molar-refractivity contribution in [3.8, 4) is 0 Å². The van der Waals surface area contributed by atoms with E-state index in [-0.39, 0.29) is 17.9 Å². The molecule has 0 aliphatic carbocycles. The minimum atomic E-state index is -0.342. The van der Waals surface area contributed by atoms with Gasteiger partial charge >= 0.3 is 0 Å². The summed E-state index contributed by atoms with van der Waals surface area (Å²) >= 11 is 1.30. The lowest BCUT2D eigenvalue weighted by Gasteiger charge is -2.17. The Labute approximate surface area is 187 Å². The van der Waals surface area contributed by atoms with Crippen molar-refractivity contribution >= 4 is 49.9 Å². The number of carbonyl (C=O) groups excluding carboxylic acids is 2. The van der Waals surface area contributed by atoms with E-state index in [2.05, 4.69) is 39.3 Å². The number of carbonyl (C=O) groups is 2. The largest absolute Gasteiger partial charge is 0.341 e. The van der Waals surface area contributed by atoms with E-state index < -0.39 is 0 Å². The first kappa shape index (κ1) is 18.7. The van der Waals surface area contributed by atoms with Crippen molar-refractivity contribution in [1.82, 2.24) is 9.69 Å². The van der Waals surface area contributed by atoms with Crippen LogP contribution in [0.2, 0.25) is 0 Å². The van der Waals surface area contributed by atoms with Crippen LogP contribution in [-0.2, 0) is 0 Å². The highest BCUT2D eigenvalue weighted by Crippen LogP contribution is 2.37. The third-order valence-electron chi connectivity index (χ3n) is 5.86. The van der Waals surface area contributed by atoms with Crippen LogP contribution in [0.25, 0.3) is 20.9 Å². The molecule has 1 aliphatic heterocycles. The second-order valence-corrected chi connectivity index (χ2v) is 8.57. The highest BCUT2D eigenvalue weighted by molar-refractivity contribution is 7.13. The lowest BCUT2D eigenvalue weighted by atomic mass is 9.94. The van der Waals surface area contributed by atoms with Crippen LogP contribution in [0.4, 0.5) is 5.69 Å². The van der Waals surface area contributed by atoms with Crippen molar-refractivity contribution < 1.29 is 9.59 Å². The maximum absolute atomic E-state index is 13.1. The summed E-state index contributed by atoms with van der Waals surface area (Å²) in [7, 11) is 0. The van der Waals surface area contributed by atoms with Gasteiger partial charge in [0.2, 0.25) is 0 Å². The molecule has 2 amide bonds. The van der Waals surface area contributed by atoms with Gasteiger partial charge < -0.3 is 10.6 Å². The molecule has 0 saturated carbocycles. The number of aromatic nitrogens is 1. The number of anilines is 1. The summed E-state index contributed by atoms with van der Waals surface area (Å²) in [6.07, 6.45) is 0. The fourth-order valence-corrected chi connectivity index (χ4v) is 5.11. The maximum Gasteiger partial charge on any atom is 0.276 e. The van der Waals surface area contributed by atoms with Crippen molar-refractivity contribution in [2.24, 2.45) is 0 Å². The fourth-order valence-electron chi connectivity index (χ4n) is 4.33. The molecule has 1 aromatic heterocycles. The molecule has 0 bridgehead atoms. The third kappa shape index (κ3) is 2.96. The minimum absolute atomic E-state index is 0.145. The molecule has 1 atom stereocenters. The van der Waals surface area contributed by atoms with Gasteiger partial charge in [-0.1, -0.05) is 60.7 Å². The molecule has 2 N–H and O–H groups in total. The Balaban J connectivity index is 1.41. The number of fused-ring (bicyclic) bond motifs is 3. The Bertz CT molecular complexity index is 1540. The molecule has 1 aliphatic rings. The summed E-state index contributed by atoms with van der Waals surface area (Å²) in [6, 6.07) is 27.0. The topological polar surface area (TPSA) is 71.1 Å². The molecule has 6 rings (SSSR count). The van der Waals surface area contributed by atoms with E-state index in [4.69, 9.17) is 0 Å². The summed E-state index contributed by atoms with van der Waals surface area (Å²) in [5.41, 5.74) is 3.32.